The summed E-state index contributed by atoms with van der Waals surface area (Å²) in [5.74, 6) is 1.33. The van der Waals surface area contributed by atoms with Crippen LogP contribution in [0.15, 0.2) is 42.5 Å². The zero-order chi connectivity index (χ0) is 24.4. The van der Waals surface area contributed by atoms with E-state index in [-0.39, 0.29) is 36.2 Å². The molecule has 0 saturated carbocycles. The molecule has 2 saturated heterocycles. The number of piperidine rings is 1. The number of benzene rings is 2. The molecule has 2 aliphatic heterocycles. The molecule has 1 unspecified atom stereocenters. The Morgan fingerprint density at radius 1 is 1.03 bits per heavy atom. The van der Waals surface area contributed by atoms with Gasteiger partial charge in [0.05, 0.1) is 19.2 Å². The molecule has 6 nitrogen and oxygen atoms in total. The van der Waals surface area contributed by atoms with Crippen LogP contribution in [0.2, 0.25) is 0 Å². The van der Waals surface area contributed by atoms with Crippen LogP contribution in [0.4, 0.5) is 15.8 Å². The molecule has 0 aliphatic carbocycles. The van der Waals surface area contributed by atoms with Gasteiger partial charge in [0.25, 0.3) is 0 Å². The molecule has 2 aromatic carbocycles. The van der Waals surface area contributed by atoms with E-state index in [2.05, 4.69) is 30.6 Å². The minimum atomic E-state index is -0.757. The van der Waals surface area contributed by atoms with Gasteiger partial charge in [-0.1, -0.05) is 20.8 Å². The van der Waals surface area contributed by atoms with E-state index >= 15 is 0 Å². The molecular formula is C27H35FN2O4. The van der Waals surface area contributed by atoms with Gasteiger partial charge in [-0.15, -0.1) is 0 Å². The number of carboxylic acid groups (broad SMARTS) is 1. The third-order valence-corrected chi connectivity index (χ3v) is 7.11. The number of aliphatic carboxylic acids is 1. The normalized spacial score (nSPS) is 27.0. The fourth-order valence-corrected chi connectivity index (χ4v) is 5.56. The van der Waals surface area contributed by atoms with Gasteiger partial charge in [-0.3, -0.25) is 4.79 Å². The Bertz CT molecular complexity index is 987. The minimum absolute atomic E-state index is 0.0161. The van der Waals surface area contributed by atoms with E-state index in [1.807, 2.05) is 24.3 Å². The third kappa shape index (κ3) is 5.24. The summed E-state index contributed by atoms with van der Waals surface area (Å²) in [6.45, 7) is 8.70. The number of anilines is 2. The number of ether oxygens (including phenoxy) is 2. The molecule has 0 spiro atoms. The number of nitrogens with zero attached hydrogens (tertiary/aromatic N) is 2. The first kappa shape index (κ1) is 24.2. The fraction of sp³-hybridized carbons (Fsp3) is 0.519. The van der Waals surface area contributed by atoms with Gasteiger partial charge in [0, 0.05) is 49.3 Å². The van der Waals surface area contributed by atoms with E-state index < -0.39 is 5.97 Å². The van der Waals surface area contributed by atoms with Crippen molar-refractivity contribution in [3.8, 4) is 11.5 Å². The van der Waals surface area contributed by atoms with Crippen LogP contribution in [-0.4, -0.2) is 50.0 Å². The maximum Gasteiger partial charge on any atom is 0.305 e. The smallest absolute Gasteiger partial charge is 0.305 e. The number of hydrogen-bond donors (Lipinski definition) is 1. The van der Waals surface area contributed by atoms with Crippen molar-refractivity contribution in [1.29, 1.82) is 0 Å². The summed E-state index contributed by atoms with van der Waals surface area (Å²) >= 11 is 0. The van der Waals surface area contributed by atoms with Gasteiger partial charge < -0.3 is 24.4 Å². The molecule has 2 aromatic rings. The first-order valence-electron chi connectivity index (χ1n) is 12.1. The number of halogens is 1. The monoisotopic (exact) mass is 470 g/mol. The minimum Gasteiger partial charge on any atom is -0.497 e. The van der Waals surface area contributed by atoms with Gasteiger partial charge in [0.1, 0.15) is 23.4 Å². The maximum absolute atomic E-state index is 14.5. The molecular weight excluding hydrogens is 435 g/mol. The highest BCUT2D eigenvalue weighted by molar-refractivity contribution is 5.69. The van der Waals surface area contributed by atoms with Crippen molar-refractivity contribution in [3.63, 3.8) is 0 Å². The number of rotatable bonds is 7. The van der Waals surface area contributed by atoms with Crippen LogP contribution < -0.4 is 19.3 Å². The molecule has 2 heterocycles. The fourth-order valence-electron chi connectivity index (χ4n) is 5.56. The van der Waals surface area contributed by atoms with Crippen LogP contribution in [0, 0.1) is 23.6 Å². The van der Waals surface area contributed by atoms with E-state index in [9.17, 15) is 14.3 Å². The van der Waals surface area contributed by atoms with Gasteiger partial charge in [0.15, 0.2) is 0 Å². The Labute approximate surface area is 201 Å². The summed E-state index contributed by atoms with van der Waals surface area (Å²) < 4.78 is 26.2. The van der Waals surface area contributed by atoms with Crippen molar-refractivity contribution in [3.05, 3.63) is 48.3 Å². The second-order valence-electron chi connectivity index (χ2n) is 10.00. The van der Waals surface area contributed by atoms with Crippen LogP contribution in [0.1, 0.15) is 33.6 Å². The van der Waals surface area contributed by atoms with Gasteiger partial charge in [-0.05, 0) is 48.7 Å². The van der Waals surface area contributed by atoms with Crippen molar-refractivity contribution >= 4 is 17.3 Å². The summed E-state index contributed by atoms with van der Waals surface area (Å²) in [6.07, 6.45) is 1.07. The Balaban J connectivity index is 1.42. The van der Waals surface area contributed by atoms with E-state index in [1.54, 1.807) is 19.2 Å². The molecule has 5 atom stereocenters. The van der Waals surface area contributed by atoms with Crippen molar-refractivity contribution in [2.24, 2.45) is 17.8 Å². The summed E-state index contributed by atoms with van der Waals surface area (Å²) in [5.41, 5.74) is 1.60. The highest BCUT2D eigenvalue weighted by atomic mass is 19.1. The molecule has 0 aromatic heterocycles. The molecule has 0 bridgehead atoms. The molecule has 2 aliphatic rings. The standard InChI is InChI=1S/C27H35FN2O4/c1-17-11-21(12-26(31)32)30(14-17)20-5-7-22(8-6-20)34-27-18(2)15-29(16-19(27)3)25-13-23(33-4)9-10-24(25)28/h5-10,13,17-19,21,27H,11-12,14-16H2,1-4H3,(H,31,32)/t17-,18-,19+,21-,27?/m1/s1. The molecule has 0 radical (unpaired) electrons. The predicted octanol–water partition coefficient (Wildman–Crippen LogP) is 5.06. The number of hydrogen-bond acceptors (Lipinski definition) is 5. The van der Waals surface area contributed by atoms with Crippen LogP contribution in [0.3, 0.4) is 0 Å². The molecule has 2 fully saturated rings. The van der Waals surface area contributed by atoms with Crippen LogP contribution in [0.5, 0.6) is 11.5 Å². The maximum atomic E-state index is 14.5. The van der Waals surface area contributed by atoms with Gasteiger partial charge in [0.2, 0.25) is 0 Å². The van der Waals surface area contributed by atoms with Gasteiger partial charge >= 0.3 is 5.97 Å². The predicted molar refractivity (Wildman–Crippen MR) is 132 cm³/mol. The lowest BCUT2D eigenvalue weighted by Crippen LogP contribution is -2.50. The van der Waals surface area contributed by atoms with E-state index in [0.717, 1.165) is 24.4 Å². The molecule has 1 N–H and O–H groups in total. The van der Waals surface area contributed by atoms with Gasteiger partial charge in [-0.25, -0.2) is 4.39 Å². The largest absolute Gasteiger partial charge is 0.497 e. The summed E-state index contributed by atoms with van der Waals surface area (Å²) in [5, 5.41) is 9.26. The van der Waals surface area contributed by atoms with Crippen LogP contribution in [0.25, 0.3) is 0 Å². The topological polar surface area (TPSA) is 62.2 Å². The van der Waals surface area contributed by atoms with Crippen molar-refractivity contribution < 1.29 is 23.8 Å². The Morgan fingerprint density at radius 3 is 2.29 bits per heavy atom. The molecule has 34 heavy (non-hydrogen) atoms. The zero-order valence-electron chi connectivity index (χ0n) is 20.4. The summed E-state index contributed by atoms with van der Waals surface area (Å²) in [4.78, 5) is 15.5. The SMILES string of the molecule is COc1ccc(F)c(N2C[C@@H](C)C(Oc3ccc(N4C[C@H](C)C[C@@H]4CC(=O)O)cc3)[C@@H](C)C2)c1. The first-order chi connectivity index (χ1) is 16.2. The molecule has 184 valence electrons. The van der Waals surface area contributed by atoms with Crippen molar-refractivity contribution in [2.75, 3.05) is 36.5 Å². The highest BCUT2D eigenvalue weighted by Crippen LogP contribution is 2.35. The highest BCUT2D eigenvalue weighted by Gasteiger charge is 2.35. The lowest BCUT2D eigenvalue weighted by molar-refractivity contribution is -0.137. The number of methoxy groups -OCH3 is 1. The van der Waals surface area contributed by atoms with Crippen LogP contribution in [-0.2, 0) is 4.79 Å². The lowest BCUT2D eigenvalue weighted by Gasteiger charge is -2.42. The molecule has 4 rings (SSSR count). The molecule has 0 amide bonds. The van der Waals surface area contributed by atoms with Crippen LogP contribution >= 0.6 is 0 Å². The first-order valence-corrected chi connectivity index (χ1v) is 12.1. The Morgan fingerprint density at radius 2 is 1.68 bits per heavy atom. The zero-order valence-corrected chi connectivity index (χ0v) is 20.4. The number of carboxylic acids is 1. The Hall–Kier alpha value is -2.96. The summed E-state index contributed by atoms with van der Waals surface area (Å²) in [6, 6.07) is 12.9. The van der Waals surface area contributed by atoms with Crippen molar-refractivity contribution in [1.82, 2.24) is 0 Å². The van der Waals surface area contributed by atoms with E-state index in [1.165, 1.54) is 6.07 Å². The Kier molecular flexibility index (Phi) is 7.19. The second kappa shape index (κ2) is 10.1. The third-order valence-electron chi connectivity index (χ3n) is 7.11. The molecule has 7 heteroatoms. The van der Waals surface area contributed by atoms with E-state index in [4.69, 9.17) is 9.47 Å². The average Bonchev–Trinajstić information content (AvgIpc) is 3.16. The quantitative estimate of drug-likeness (QED) is 0.610. The average molecular weight is 471 g/mol. The van der Waals surface area contributed by atoms with Crippen molar-refractivity contribution in [2.45, 2.75) is 45.8 Å². The van der Waals surface area contributed by atoms with Gasteiger partial charge in [-0.2, -0.15) is 0 Å². The van der Waals surface area contributed by atoms with E-state index in [0.29, 0.717) is 30.4 Å². The second-order valence-corrected chi connectivity index (χ2v) is 10.00. The lowest BCUT2D eigenvalue weighted by atomic mass is 9.87. The summed E-state index contributed by atoms with van der Waals surface area (Å²) in [7, 11) is 1.59. The number of carbonyl (C=O) groups is 1.